The topological polar surface area (TPSA) is 75.4 Å². The van der Waals surface area contributed by atoms with E-state index in [2.05, 4.69) is 5.32 Å². The molecule has 2 rings (SSSR count). The van der Waals surface area contributed by atoms with E-state index in [1.54, 1.807) is 16.2 Å². The van der Waals surface area contributed by atoms with E-state index < -0.39 is 11.9 Å². The van der Waals surface area contributed by atoms with E-state index in [-0.39, 0.29) is 5.91 Å². The molecule has 92 valence electrons. The van der Waals surface area contributed by atoms with E-state index in [9.17, 15) is 9.59 Å². The second kappa shape index (κ2) is 5.29. The van der Waals surface area contributed by atoms with Gasteiger partial charge in [-0.25, -0.2) is 0 Å². The summed E-state index contributed by atoms with van der Waals surface area (Å²) in [6.45, 7) is 1.70. The van der Waals surface area contributed by atoms with E-state index in [4.69, 9.17) is 5.73 Å². The summed E-state index contributed by atoms with van der Waals surface area (Å²) in [5.74, 6) is -0.477. The Balaban J connectivity index is 2.03. The largest absolute Gasteiger partial charge is 0.368 e. The van der Waals surface area contributed by atoms with Crippen molar-refractivity contribution in [2.24, 2.45) is 5.73 Å². The zero-order valence-corrected chi connectivity index (χ0v) is 10.2. The van der Waals surface area contributed by atoms with Crippen LogP contribution in [0.5, 0.6) is 0 Å². The van der Waals surface area contributed by atoms with Crippen LogP contribution in [0.1, 0.15) is 4.88 Å². The summed E-state index contributed by atoms with van der Waals surface area (Å²) in [5.41, 5.74) is 5.30. The first-order valence-corrected chi connectivity index (χ1v) is 6.38. The molecule has 0 radical (unpaired) electrons. The Morgan fingerprint density at radius 2 is 2.41 bits per heavy atom. The Morgan fingerprint density at radius 1 is 1.59 bits per heavy atom. The van der Waals surface area contributed by atoms with Gasteiger partial charge in [-0.05, 0) is 11.4 Å². The van der Waals surface area contributed by atoms with Gasteiger partial charge in [-0.1, -0.05) is 6.07 Å². The van der Waals surface area contributed by atoms with Gasteiger partial charge in [0.25, 0.3) is 0 Å². The van der Waals surface area contributed by atoms with Crippen LogP contribution in [0.2, 0.25) is 0 Å². The number of hydrogen-bond acceptors (Lipinski definition) is 4. The Labute approximate surface area is 104 Å². The number of hydrogen-bond donors (Lipinski definition) is 2. The van der Waals surface area contributed by atoms with Crippen LogP contribution < -0.4 is 11.1 Å². The van der Waals surface area contributed by atoms with Gasteiger partial charge in [-0.3, -0.25) is 9.59 Å². The summed E-state index contributed by atoms with van der Waals surface area (Å²) in [6.07, 6.45) is 0.349. The summed E-state index contributed by atoms with van der Waals surface area (Å²) >= 11 is 1.55. The number of carbonyl (C=O) groups is 2. The number of nitrogens with zero attached hydrogens (tertiary/aromatic N) is 1. The van der Waals surface area contributed by atoms with Crippen LogP contribution in [0.25, 0.3) is 0 Å². The van der Waals surface area contributed by atoms with Crippen LogP contribution in [0.4, 0.5) is 0 Å². The van der Waals surface area contributed by atoms with Crippen LogP contribution in [-0.2, 0) is 16.0 Å². The van der Waals surface area contributed by atoms with Crippen molar-refractivity contribution in [3.05, 3.63) is 22.4 Å². The minimum absolute atomic E-state index is 0.0299. The number of rotatable bonds is 3. The van der Waals surface area contributed by atoms with Gasteiger partial charge in [-0.15, -0.1) is 11.3 Å². The summed E-state index contributed by atoms with van der Waals surface area (Å²) in [6, 6.07) is 3.32. The predicted molar refractivity (Wildman–Crippen MR) is 65.6 cm³/mol. The van der Waals surface area contributed by atoms with Gasteiger partial charge >= 0.3 is 0 Å². The van der Waals surface area contributed by atoms with Crippen molar-refractivity contribution in [2.45, 2.75) is 12.5 Å². The van der Waals surface area contributed by atoms with E-state index >= 15 is 0 Å². The average molecular weight is 253 g/mol. The smallest absolute Gasteiger partial charge is 0.241 e. The van der Waals surface area contributed by atoms with Crippen LogP contribution >= 0.6 is 11.3 Å². The van der Waals surface area contributed by atoms with Gasteiger partial charge in [0, 0.05) is 24.5 Å². The van der Waals surface area contributed by atoms with Crippen molar-refractivity contribution in [3.8, 4) is 0 Å². The normalized spacial score (nSPS) is 20.2. The summed E-state index contributed by atoms with van der Waals surface area (Å²) < 4.78 is 0. The lowest BCUT2D eigenvalue weighted by Gasteiger charge is -2.34. The molecule has 0 bridgehead atoms. The molecule has 1 fully saturated rings. The molecule has 0 spiro atoms. The maximum Gasteiger partial charge on any atom is 0.241 e. The molecule has 1 aromatic rings. The number of carbonyl (C=O) groups excluding carboxylic acids is 2. The second-order valence-corrected chi connectivity index (χ2v) is 5.00. The molecule has 1 aliphatic rings. The van der Waals surface area contributed by atoms with Gasteiger partial charge in [0.15, 0.2) is 0 Å². The van der Waals surface area contributed by atoms with Crippen LogP contribution in [0, 0.1) is 0 Å². The number of amides is 2. The van der Waals surface area contributed by atoms with Crippen molar-refractivity contribution >= 4 is 23.2 Å². The van der Waals surface area contributed by atoms with E-state index in [1.807, 2.05) is 17.5 Å². The molecule has 6 heteroatoms. The molecule has 1 atom stereocenters. The summed E-state index contributed by atoms with van der Waals surface area (Å²) in [5, 5.41) is 5.00. The van der Waals surface area contributed by atoms with Crippen LogP contribution in [-0.4, -0.2) is 42.4 Å². The SMILES string of the molecule is NC(=O)C1CNCCN1C(=O)Cc1cccs1. The fraction of sp³-hybridized carbons (Fsp3) is 0.455. The fourth-order valence-electron chi connectivity index (χ4n) is 1.92. The van der Waals surface area contributed by atoms with Crippen molar-refractivity contribution in [2.75, 3.05) is 19.6 Å². The molecule has 1 aliphatic heterocycles. The highest BCUT2D eigenvalue weighted by Crippen LogP contribution is 2.12. The minimum Gasteiger partial charge on any atom is -0.368 e. The molecule has 17 heavy (non-hydrogen) atoms. The Kier molecular flexibility index (Phi) is 3.75. The first-order valence-electron chi connectivity index (χ1n) is 5.50. The molecule has 0 saturated carbocycles. The number of nitrogens with one attached hydrogen (secondary N) is 1. The van der Waals surface area contributed by atoms with Crippen LogP contribution in [0.3, 0.4) is 0 Å². The molecule has 1 saturated heterocycles. The molecular weight excluding hydrogens is 238 g/mol. The van der Waals surface area contributed by atoms with Gasteiger partial charge in [0.2, 0.25) is 11.8 Å². The van der Waals surface area contributed by atoms with E-state index in [0.29, 0.717) is 26.1 Å². The average Bonchev–Trinajstić information content (AvgIpc) is 2.81. The molecule has 3 N–H and O–H groups in total. The molecule has 2 amide bonds. The second-order valence-electron chi connectivity index (χ2n) is 3.97. The number of thiophene rings is 1. The summed E-state index contributed by atoms with van der Waals surface area (Å²) in [7, 11) is 0. The summed E-state index contributed by atoms with van der Waals surface area (Å²) in [4.78, 5) is 25.9. The third-order valence-electron chi connectivity index (χ3n) is 2.80. The maximum absolute atomic E-state index is 12.1. The van der Waals surface area contributed by atoms with Crippen molar-refractivity contribution < 1.29 is 9.59 Å². The lowest BCUT2D eigenvalue weighted by molar-refractivity contribution is -0.139. The van der Waals surface area contributed by atoms with Gasteiger partial charge in [-0.2, -0.15) is 0 Å². The van der Waals surface area contributed by atoms with E-state index in [0.717, 1.165) is 4.88 Å². The monoisotopic (exact) mass is 253 g/mol. The molecule has 5 nitrogen and oxygen atoms in total. The fourth-order valence-corrected chi connectivity index (χ4v) is 2.62. The molecule has 0 aromatic carbocycles. The van der Waals surface area contributed by atoms with Crippen molar-refractivity contribution in [1.82, 2.24) is 10.2 Å². The van der Waals surface area contributed by atoms with Gasteiger partial charge in [0.1, 0.15) is 6.04 Å². The molecule has 1 unspecified atom stereocenters. The van der Waals surface area contributed by atoms with Crippen LogP contribution in [0.15, 0.2) is 17.5 Å². The highest BCUT2D eigenvalue weighted by atomic mass is 32.1. The first kappa shape index (κ1) is 12.1. The molecule has 1 aromatic heterocycles. The lowest BCUT2D eigenvalue weighted by atomic mass is 10.1. The number of primary amides is 1. The highest BCUT2D eigenvalue weighted by Gasteiger charge is 2.30. The first-order chi connectivity index (χ1) is 8.18. The zero-order valence-electron chi connectivity index (χ0n) is 9.39. The predicted octanol–water partition coefficient (Wildman–Crippen LogP) is -0.424. The molecule has 2 heterocycles. The number of nitrogens with two attached hydrogens (primary N) is 1. The Morgan fingerprint density at radius 3 is 3.06 bits per heavy atom. The van der Waals surface area contributed by atoms with Gasteiger partial charge in [0.05, 0.1) is 6.42 Å². The highest BCUT2D eigenvalue weighted by molar-refractivity contribution is 7.10. The number of piperazine rings is 1. The zero-order chi connectivity index (χ0) is 12.3. The van der Waals surface area contributed by atoms with Crippen molar-refractivity contribution in [3.63, 3.8) is 0 Å². The quantitative estimate of drug-likeness (QED) is 0.768. The lowest BCUT2D eigenvalue weighted by Crippen LogP contribution is -2.59. The Hall–Kier alpha value is -1.40. The van der Waals surface area contributed by atoms with E-state index in [1.165, 1.54) is 0 Å². The standard InChI is InChI=1S/C11H15N3O2S/c12-11(16)9-7-13-3-4-14(9)10(15)6-8-2-1-5-17-8/h1-2,5,9,13H,3-4,6-7H2,(H2,12,16). The Bertz CT molecular complexity index is 405. The maximum atomic E-state index is 12.1. The van der Waals surface area contributed by atoms with Crippen molar-refractivity contribution in [1.29, 1.82) is 0 Å². The third-order valence-corrected chi connectivity index (χ3v) is 3.67. The molecular formula is C11H15N3O2S. The molecule has 0 aliphatic carbocycles. The third kappa shape index (κ3) is 2.83. The van der Waals surface area contributed by atoms with Gasteiger partial charge < -0.3 is 16.0 Å². The minimum atomic E-state index is -0.517.